The Bertz CT molecular complexity index is 529. The number of pyridine rings is 1. The fraction of sp³-hybridized carbons (Fsp3) is 0.647. The molecule has 0 bridgehead atoms. The second kappa shape index (κ2) is 5.41. The molecule has 1 aromatic heterocycles. The maximum absolute atomic E-state index is 12.7. The number of likely N-dealkylation sites (tertiary alicyclic amines) is 1. The van der Waals surface area contributed by atoms with Crippen molar-refractivity contribution in [2.75, 3.05) is 19.6 Å². The van der Waals surface area contributed by atoms with Crippen LogP contribution in [0, 0.1) is 5.41 Å². The van der Waals surface area contributed by atoms with Gasteiger partial charge in [-0.3, -0.25) is 9.78 Å². The van der Waals surface area contributed by atoms with E-state index in [1.807, 2.05) is 17.0 Å². The highest BCUT2D eigenvalue weighted by molar-refractivity contribution is 5.98. The molecule has 4 nitrogen and oxygen atoms in total. The number of amides is 1. The molecule has 0 aliphatic carbocycles. The lowest BCUT2D eigenvalue weighted by atomic mass is 9.85. The van der Waals surface area contributed by atoms with Crippen LogP contribution < -0.4 is 0 Å². The first-order valence-electron chi connectivity index (χ1n) is 7.94. The number of hydrogen-bond acceptors (Lipinski definition) is 3. The molecule has 3 rings (SSSR count). The molecule has 1 aromatic rings. The van der Waals surface area contributed by atoms with Crippen molar-refractivity contribution in [3.63, 3.8) is 0 Å². The summed E-state index contributed by atoms with van der Waals surface area (Å²) >= 11 is 0. The SMILES string of the molecule is CC(C)(C)C(CN1CCCC1)N1Cc2ncccc2C1=O. The summed E-state index contributed by atoms with van der Waals surface area (Å²) < 4.78 is 0. The Kier molecular flexibility index (Phi) is 3.74. The fourth-order valence-corrected chi connectivity index (χ4v) is 3.45. The first-order valence-corrected chi connectivity index (χ1v) is 7.94. The molecule has 0 radical (unpaired) electrons. The summed E-state index contributed by atoms with van der Waals surface area (Å²) in [7, 11) is 0. The second-order valence-corrected chi connectivity index (χ2v) is 7.32. The maximum Gasteiger partial charge on any atom is 0.256 e. The normalized spacial score (nSPS) is 20.9. The zero-order chi connectivity index (χ0) is 15.0. The summed E-state index contributed by atoms with van der Waals surface area (Å²) in [4.78, 5) is 21.6. The molecule has 0 aromatic carbocycles. The van der Waals surface area contributed by atoms with E-state index in [4.69, 9.17) is 0 Å². The highest BCUT2D eigenvalue weighted by Crippen LogP contribution is 2.32. The van der Waals surface area contributed by atoms with Gasteiger partial charge in [0, 0.05) is 18.8 Å². The van der Waals surface area contributed by atoms with Gasteiger partial charge in [-0.15, -0.1) is 0 Å². The average molecular weight is 287 g/mol. The van der Waals surface area contributed by atoms with E-state index < -0.39 is 0 Å². The van der Waals surface area contributed by atoms with Crippen LogP contribution in [0.4, 0.5) is 0 Å². The van der Waals surface area contributed by atoms with Gasteiger partial charge in [0.25, 0.3) is 5.91 Å². The lowest BCUT2D eigenvalue weighted by Gasteiger charge is -2.40. The maximum atomic E-state index is 12.7. The number of rotatable bonds is 3. The molecule has 0 spiro atoms. The Morgan fingerprint density at radius 3 is 2.62 bits per heavy atom. The molecule has 1 saturated heterocycles. The first-order chi connectivity index (χ1) is 9.97. The number of fused-ring (bicyclic) bond motifs is 1. The van der Waals surface area contributed by atoms with E-state index in [0.717, 1.165) is 17.8 Å². The molecule has 1 unspecified atom stereocenters. The van der Waals surface area contributed by atoms with Crippen molar-refractivity contribution < 1.29 is 4.79 Å². The van der Waals surface area contributed by atoms with Gasteiger partial charge in [-0.2, -0.15) is 0 Å². The van der Waals surface area contributed by atoms with Gasteiger partial charge in [-0.25, -0.2) is 0 Å². The van der Waals surface area contributed by atoms with Crippen LogP contribution in [0.25, 0.3) is 0 Å². The van der Waals surface area contributed by atoms with Gasteiger partial charge >= 0.3 is 0 Å². The molecule has 1 atom stereocenters. The molecular weight excluding hydrogens is 262 g/mol. The van der Waals surface area contributed by atoms with E-state index in [1.54, 1.807) is 6.20 Å². The van der Waals surface area contributed by atoms with Crippen LogP contribution in [-0.4, -0.2) is 46.4 Å². The second-order valence-electron chi connectivity index (χ2n) is 7.32. The Hall–Kier alpha value is -1.42. The van der Waals surface area contributed by atoms with Crippen LogP contribution in [0.5, 0.6) is 0 Å². The minimum absolute atomic E-state index is 0.0697. The molecule has 0 saturated carbocycles. The zero-order valence-corrected chi connectivity index (χ0v) is 13.3. The molecule has 2 aliphatic rings. The van der Waals surface area contributed by atoms with E-state index in [1.165, 1.54) is 25.9 Å². The van der Waals surface area contributed by atoms with Gasteiger partial charge in [-0.1, -0.05) is 20.8 Å². The monoisotopic (exact) mass is 287 g/mol. The summed E-state index contributed by atoms with van der Waals surface area (Å²) in [6.45, 7) is 10.7. The number of carbonyl (C=O) groups excluding carboxylic acids is 1. The van der Waals surface area contributed by atoms with Gasteiger partial charge in [0.1, 0.15) is 0 Å². The third kappa shape index (κ3) is 2.82. The van der Waals surface area contributed by atoms with Crippen molar-refractivity contribution in [2.24, 2.45) is 5.41 Å². The first kappa shape index (κ1) is 14.5. The largest absolute Gasteiger partial charge is 0.328 e. The Morgan fingerprint density at radius 1 is 1.29 bits per heavy atom. The molecular formula is C17H25N3O. The smallest absolute Gasteiger partial charge is 0.256 e. The van der Waals surface area contributed by atoms with E-state index >= 15 is 0 Å². The standard InChI is InChI=1S/C17H25N3O/c1-17(2,3)15(12-19-9-4-5-10-19)20-11-14-13(16(20)21)7-6-8-18-14/h6-8,15H,4-5,9-12H2,1-3H3. The molecule has 2 aliphatic heterocycles. The van der Waals surface area contributed by atoms with Crippen molar-refractivity contribution in [2.45, 2.75) is 46.2 Å². The highest BCUT2D eigenvalue weighted by Gasteiger charge is 2.39. The quantitative estimate of drug-likeness (QED) is 0.857. The van der Waals surface area contributed by atoms with Crippen LogP contribution in [-0.2, 0) is 6.54 Å². The summed E-state index contributed by atoms with van der Waals surface area (Å²) in [6, 6.07) is 3.99. The van der Waals surface area contributed by atoms with E-state index in [-0.39, 0.29) is 17.4 Å². The molecule has 21 heavy (non-hydrogen) atoms. The molecule has 3 heterocycles. The molecule has 1 amide bonds. The van der Waals surface area contributed by atoms with Crippen molar-refractivity contribution in [3.05, 3.63) is 29.6 Å². The van der Waals surface area contributed by atoms with Crippen LogP contribution in [0.15, 0.2) is 18.3 Å². The lowest BCUT2D eigenvalue weighted by Crippen LogP contribution is -2.50. The minimum Gasteiger partial charge on any atom is -0.328 e. The van der Waals surface area contributed by atoms with Crippen LogP contribution in [0.3, 0.4) is 0 Å². The van der Waals surface area contributed by atoms with Crippen molar-refractivity contribution >= 4 is 5.91 Å². The van der Waals surface area contributed by atoms with Gasteiger partial charge in [0.05, 0.1) is 17.8 Å². The minimum atomic E-state index is 0.0697. The zero-order valence-electron chi connectivity index (χ0n) is 13.3. The summed E-state index contributed by atoms with van der Waals surface area (Å²) in [6.07, 6.45) is 4.35. The highest BCUT2D eigenvalue weighted by atomic mass is 16.2. The summed E-state index contributed by atoms with van der Waals surface area (Å²) in [5.41, 5.74) is 1.78. The third-order valence-electron chi connectivity index (χ3n) is 4.71. The summed E-state index contributed by atoms with van der Waals surface area (Å²) in [5.74, 6) is 0.150. The fourth-order valence-electron chi connectivity index (χ4n) is 3.45. The number of carbonyl (C=O) groups is 1. The van der Waals surface area contributed by atoms with E-state index in [0.29, 0.717) is 6.54 Å². The van der Waals surface area contributed by atoms with Gasteiger partial charge in [-0.05, 0) is 43.5 Å². The van der Waals surface area contributed by atoms with Gasteiger partial charge in [0.2, 0.25) is 0 Å². The molecule has 4 heteroatoms. The topological polar surface area (TPSA) is 36.4 Å². The Balaban J connectivity index is 1.83. The van der Waals surface area contributed by atoms with Crippen molar-refractivity contribution in [3.8, 4) is 0 Å². The molecule has 114 valence electrons. The number of nitrogens with zero attached hydrogens (tertiary/aromatic N) is 3. The third-order valence-corrected chi connectivity index (χ3v) is 4.71. The summed E-state index contributed by atoms with van der Waals surface area (Å²) in [5, 5.41) is 0. The van der Waals surface area contributed by atoms with E-state index in [2.05, 4.69) is 30.7 Å². The molecule has 1 fully saturated rings. The molecule has 0 N–H and O–H groups in total. The van der Waals surface area contributed by atoms with Crippen molar-refractivity contribution in [1.82, 2.24) is 14.8 Å². The Morgan fingerprint density at radius 2 is 2.00 bits per heavy atom. The van der Waals surface area contributed by atoms with Gasteiger partial charge < -0.3 is 9.80 Å². The predicted molar refractivity (Wildman–Crippen MR) is 83.0 cm³/mol. The van der Waals surface area contributed by atoms with Crippen molar-refractivity contribution in [1.29, 1.82) is 0 Å². The lowest BCUT2D eigenvalue weighted by molar-refractivity contribution is 0.0449. The van der Waals surface area contributed by atoms with E-state index in [9.17, 15) is 4.79 Å². The van der Waals surface area contributed by atoms with Crippen LogP contribution in [0.1, 0.15) is 49.7 Å². The number of aromatic nitrogens is 1. The van der Waals surface area contributed by atoms with Gasteiger partial charge in [0.15, 0.2) is 0 Å². The Labute approximate surface area is 127 Å². The predicted octanol–water partition coefficient (Wildman–Crippen LogP) is 2.55. The van der Waals surface area contributed by atoms with Crippen LogP contribution >= 0.6 is 0 Å². The average Bonchev–Trinajstić information content (AvgIpc) is 3.04. The number of hydrogen-bond donors (Lipinski definition) is 0. The van der Waals surface area contributed by atoms with Crippen LogP contribution in [0.2, 0.25) is 0 Å².